The molecule has 2 rings (SSSR count). The molecule has 0 spiro atoms. The summed E-state index contributed by atoms with van der Waals surface area (Å²) in [7, 11) is 0. The van der Waals surface area contributed by atoms with E-state index in [1.807, 2.05) is 18.2 Å². The van der Waals surface area contributed by atoms with Crippen LogP contribution in [0.2, 0.25) is 5.15 Å². The number of hydrogen-bond donors (Lipinski definition) is 0. The van der Waals surface area contributed by atoms with Crippen molar-refractivity contribution in [3.63, 3.8) is 0 Å². The van der Waals surface area contributed by atoms with E-state index in [0.29, 0.717) is 5.15 Å². The number of hydrogen-bond acceptors (Lipinski definition) is 1. The number of pyridine rings is 1. The van der Waals surface area contributed by atoms with Gasteiger partial charge in [-0.05, 0) is 5.39 Å². The SMILES string of the molecule is Clc1ncc2ccccc2c1CBr. The Morgan fingerprint density at radius 1 is 1.31 bits per heavy atom. The van der Waals surface area contributed by atoms with Gasteiger partial charge in [0.25, 0.3) is 0 Å². The van der Waals surface area contributed by atoms with Gasteiger partial charge in [-0.3, -0.25) is 0 Å². The van der Waals surface area contributed by atoms with Crippen LogP contribution in [0, 0.1) is 0 Å². The van der Waals surface area contributed by atoms with Crippen LogP contribution in [0.3, 0.4) is 0 Å². The van der Waals surface area contributed by atoms with Crippen LogP contribution in [0.15, 0.2) is 30.5 Å². The average molecular weight is 257 g/mol. The third kappa shape index (κ3) is 1.56. The number of nitrogens with zero attached hydrogens (tertiary/aromatic N) is 1. The van der Waals surface area contributed by atoms with Crippen molar-refractivity contribution < 1.29 is 0 Å². The lowest BCUT2D eigenvalue weighted by Crippen LogP contribution is -1.86. The number of fused-ring (bicyclic) bond motifs is 1. The van der Waals surface area contributed by atoms with Gasteiger partial charge in [0.05, 0.1) is 0 Å². The highest BCUT2D eigenvalue weighted by Gasteiger charge is 2.04. The van der Waals surface area contributed by atoms with E-state index in [0.717, 1.165) is 16.3 Å². The predicted molar refractivity (Wildman–Crippen MR) is 59.4 cm³/mol. The first-order valence-electron chi connectivity index (χ1n) is 3.91. The van der Waals surface area contributed by atoms with Crippen molar-refractivity contribution in [1.29, 1.82) is 0 Å². The van der Waals surface area contributed by atoms with Gasteiger partial charge in [0.1, 0.15) is 5.15 Å². The zero-order valence-corrected chi connectivity index (χ0v) is 9.14. The number of alkyl halides is 1. The molecular weight excluding hydrogens is 249 g/mol. The Kier molecular flexibility index (Phi) is 2.51. The summed E-state index contributed by atoms with van der Waals surface area (Å²) in [5, 5.41) is 3.61. The molecule has 0 saturated heterocycles. The standard InChI is InChI=1S/C10H7BrClN/c11-5-9-8-4-2-1-3-7(8)6-13-10(9)12/h1-4,6H,5H2. The summed E-state index contributed by atoms with van der Waals surface area (Å²) in [6.07, 6.45) is 1.80. The smallest absolute Gasteiger partial charge is 0.133 e. The molecule has 0 radical (unpaired) electrons. The third-order valence-corrected chi connectivity index (χ3v) is 2.87. The molecule has 0 aliphatic rings. The first-order valence-corrected chi connectivity index (χ1v) is 5.41. The molecule has 1 aromatic carbocycles. The van der Waals surface area contributed by atoms with Gasteiger partial charge in [-0.15, -0.1) is 0 Å². The van der Waals surface area contributed by atoms with E-state index in [4.69, 9.17) is 11.6 Å². The Morgan fingerprint density at radius 3 is 2.85 bits per heavy atom. The van der Waals surface area contributed by atoms with Crippen molar-refractivity contribution in [2.24, 2.45) is 0 Å². The predicted octanol–water partition coefficient (Wildman–Crippen LogP) is 3.78. The molecule has 0 N–H and O–H groups in total. The lowest BCUT2D eigenvalue weighted by Gasteiger charge is -2.04. The maximum Gasteiger partial charge on any atom is 0.133 e. The molecule has 1 aromatic heterocycles. The topological polar surface area (TPSA) is 12.9 Å². The van der Waals surface area contributed by atoms with Crippen molar-refractivity contribution >= 4 is 38.3 Å². The molecule has 3 heteroatoms. The van der Waals surface area contributed by atoms with Gasteiger partial charge in [-0.2, -0.15) is 0 Å². The van der Waals surface area contributed by atoms with Crippen molar-refractivity contribution in [2.45, 2.75) is 5.33 Å². The summed E-state index contributed by atoms with van der Waals surface area (Å²) in [5.41, 5.74) is 1.06. The minimum absolute atomic E-state index is 0.579. The average Bonchev–Trinajstić information content (AvgIpc) is 2.18. The van der Waals surface area contributed by atoms with E-state index in [-0.39, 0.29) is 0 Å². The maximum atomic E-state index is 5.96. The fourth-order valence-corrected chi connectivity index (χ4v) is 2.27. The monoisotopic (exact) mass is 255 g/mol. The lowest BCUT2D eigenvalue weighted by atomic mass is 10.1. The third-order valence-electron chi connectivity index (χ3n) is 1.99. The largest absolute Gasteiger partial charge is 0.244 e. The molecule has 66 valence electrons. The van der Waals surface area contributed by atoms with Gasteiger partial charge in [0.2, 0.25) is 0 Å². The Labute approximate surface area is 89.9 Å². The highest BCUT2D eigenvalue weighted by atomic mass is 79.9. The minimum Gasteiger partial charge on any atom is -0.244 e. The van der Waals surface area contributed by atoms with Crippen LogP contribution in [0.4, 0.5) is 0 Å². The van der Waals surface area contributed by atoms with Crippen LogP contribution in [-0.4, -0.2) is 4.98 Å². The van der Waals surface area contributed by atoms with Gasteiger partial charge in [-0.1, -0.05) is 51.8 Å². The van der Waals surface area contributed by atoms with Crippen molar-refractivity contribution in [2.75, 3.05) is 0 Å². The molecular formula is C10H7BrClN. The maximum absolute atomic E-state index is 5.96. The Bertz CT molecular complexity index is 442. The molecule has 0 saturated carbocycles. The normalized spacial score (nSPS) is 10.6. The molecule has 0 amide bonds. The zero-order chi connectivity index (χ0) is 9.26. The summed E-state index contributed by atoms with van der Waals surface area (Å²) in [6.45, 7) is 0. The minimum atomic E-state index is 0.579. The number of aromatic nitrogens is 1. The molecule has 13 heavy (non-hydrogen) atoms. The summed E-state index contributed by atoms with van der Waals surface area (Å²) in [5.74, 6) is 0. The van der Waals surface area contributed by atoms with Crippen LogP contribution in [0.1, 0.15) is 5.56 Å². The second-order valence-electron chi connectivity index (χ2n) is 2.75. The Balaban J connectivity index is 2.84. The van der Waals surface area contributed by atoms with Crippen LogP contribution in [0.5, 0.6) is 0 Å². The molecule has 2 aromatic rings. The number of benzene rings is 1. The van der Waals surface area contributed by atoms with Gasteiger partial charge in [-0.25, -0.2) is 4.98 Å². The summed E-state index contributed by atoms with van der Waals surface area (Å²) < 4.78 is 0. The van der Waals surface area contributed by atoms with Crippen molar-refractivity contribution in [3.8, 4) is 0 Å². The highest BCUT2D eigenvalue weighted by Crippen LogP contribution is 2.25. The van der Waals surface area contributed by atoms with Gasteiger partial charge in [0, 0.05) is 22.5 Å². The lowest BCUT2D eigenvalue weighted by molar-refractivity contribution is 1.30. The summed E-state index contributed by atoms with van der Waals surface area (Å²) >= 11 is 9.37. The molecule has 0 aliphatic heterocycles. The molecule has 1 heterocycles. The first-order chi connectivity index (χ1) is 6.33. The quantitative estimate of drug-likeness (QED) is 0.559. The van der Waals surface area contributed by atoms with Crippen LogP contribution in [0.25, 0.3) is 10.8 Å². The molecule has 0 fully saturated rings. The van der Waals surface area contributed by atoms with E-state index in [2.05, 4.69) is 27.0 Å². The number of halogens is 2. The van der Waals surface area contributed by atoms with Crippen LogP contribution >= 0.6 is 27.5 Å². The van der Waals surface area contributed by atoms with Crippen LogP contribution < -0.4 is 0 Å². The van der Waals surface area contributed by atoms with E-state index in [9.17, 15) is 0 Å². The fraction of sp³-hybridized carbons (Fsp3) is 0.100. The molecule has 0 unspecified atom stereocenters. The van der Waals surface area contributed by atoms with Crippen LogP contribution in [-0.2, 0) is 5.33 Å². The highest BCUT2D eigenvalue weighted by molar-refractivity contribution is 9.08. The Hall–Kier alpha value is -0.600. The molecule has 0 bridgehead atoms. The van der Waals surface area contributed by atoms with Crippen molar-refractivity contribution in [3.05, 3.63) is 41.2 Å². The second kappa shape index (κ2) is 3.64. The van der Waals surface area contributed by atoms with E-state index in [1.54, 1.807) is 6.20 Å². The number of rotatable bonds is 1. The van der Waals surface area contributed by atoms with Crippen molar-refractivity contribution in [1.82, 2.24) is 4.98 Å². The fourth-order valence-electron chi connectivity index (χ4n) is 1.33. The second-order valence-corrected chi connectivity index (χ2v) is 3.67. The van der Waals surface area contributed by atoms with E-state index >= 15 is 0 Å². The molecule has 1 nitrogen and oxygen atoms in total. The van der Waals surface area contributed by atoms with E-state index < -0.39 is 0 Å². The van der Waals surface area contributed by atoms with E-state index in [1.165, 1.54) is 5.39 Å². The first kappa shape index (κ1) is 8.97. The van der Waals surface area contributed by atoms with Gasteiger partial charge < -0.3 is 0 Å². The van der Waals surface area contributed by atoms with Gasteiger partial charge >= 0.3 is 0 Å². The Morgan fingerprint density at radius 2 is 2.08 bits per heavy atom. The van der Waals surface area contributed by atoms with Gasteiger partial charge in [0.15, 0.2) is 0 Å². The molecule has 0 atom stereocenters. The summed E-state index contributed by atoms with van der Waals surface area (Å²) in [6, 6.07) is 8.09. The molecule has 0 aliphatic carbocycles. The summed E-state index contributed by atoms with van der Waals surface area (Å²) in [4.78, 5) is 4.11. The zero-order valence-electron chi connectivity index (χ0n) is 6.80.